The summed E-state index contributed by atoms with van der Waals surface area (Å²) in [6.45, 7) is 3.75. The fourth-order valence-electron chi connectivity index (χ4n) is 5.92. The van der Waals surface area contributed by atoms with Crippen LogP contribution in [0.1, 0.15) is 39.7 Å². The molecule has 2 atom stereocenters. The van der Waals surface area contributed by atoms with Crippen molar-refractivity contribution >= 4 is 45.6 Å². The third kappa shape index (κ3) is 7.31. The fourth-order valence-corrected chi connectivity index (χ4v) is 6.86. The Hall–Kier alpha value is -4.91. The quantitative estimate of drug-likeness (QED) is 0.316. The smallest absolute Gasteiger partial charge is 0.290 e. The summed E-state index contributed by atoms with van der Waals surface area (Å²) in [6.07, 6.45) is 0.668. The number of likely N-dealkylation sites (tertiary alicyclic amines) is 1. The molecule has 13 heteroatoms. The van der Waals surface area contributed by atoms with Crippen LogP contribution in [-0.4, -0.2) is 90.7 Å². The van der Waals surface area contributed by atoms with Crippen LogP contribution in [0.5, 0.6) is 11.5 Å². The Balaban J connectivity index is 0.00000134. The summed E-state index contributed by atoms with van der Waals surface area (Å²) >= 11 is 1.55. The number of rotatable bonds is 4. The van der Waals surface area contributed by atoms with Gasteiger partial charge in [-0.25, -0.2) is 0 Å². The molecule has 46 heavy (non-hydrogen) atoms. The first-order valence-corrected chi connectivity index (χ1v) is 15.8. The second-order valence-corrected chi connectivity index (χ2v) is 12.0. The number of aryl methyl sites for hydroxylation is 1. The van der Waals surface area contributed by atoms with Gasteiger partial charge in [0.25, 0.3) is 12.4 Å². The third-order valence-electron chi connectivity index (χ3n) is 8.15. The molecule has 2 aromatic carbocycles. The summed E-state index contributed by atoms with van der Waals surface area (Å²) in [7, 11) is 1.58. The van der Waals surface area contributed by atoms with Crippen molar-refractivity contribution in [3.05, 3.63) is 76.5 Å². The molecule has 0 aliphatic carbocycles. The van der Waals surface area contributed by atoms with Crippen LogP contribution < -0.4 is 14.8 Å². The van der Waals surface area contributed by atoms with E-state index in [0.717, 1.165) is 21.3 Å². The van der Waals surface area contributed by atoms with Crippen LogP contribution in [0, 0.1) is 12.8 Å². The first-order chi connectivity index (χ1) is 22.3. The molecular formula is C33H36N4O8S. The van der Waals surface area contributed by atoms with E-state index < -0.39 is 5.92 Å². The Kier molecular flexibility index (Phi) is 10.5. The van der Waals surface area contributed by atoms with E-state index in [2.05, 4.69) is 10.5 Å². The number of carboxylic acid groups (broad SMARTS) is 1. The average molecular weight is 649 g/mol. The van der Waals surface area contributed by atoms with E-state index in [-0.39, 0.29) is 43.1 Å². The number of thiophene rings is 1. The van der Waals surface area contributed by atoms with Gasteiger partial charge in [-0.15, -0.1) is 11.3 Å². The number of carbonyl (C=O) groups is 4. The molecule has 0 radical (unpaired) electrons. The molecule has 2 aliphatic rings. The zero-order valence-corrected chi connectivity index (χ0v) is 26.5. The summed E-state index contributed by atoms with van der Waals surface area (Å²) in [5.41, 5.74) is 2.28. The molecule has 2 aliphatic heterocycles. The maximum atomic E-state index is 13.7. The van der Waals surface area contributed by atoms with Gasteiger partial charge in [-0.3, -0.25) is 19.2 Å². The van der Waals surface area contributed by atoms with Gasteiger partial charge >= 0.3 is 0 Å². The van der Waals surface area contributed by atoms with Gasteiger partial charge in [-0.2, -0.15) is 0 Å². The standard InChI is InChI=1S/C32H34N4O6S.CH2O2/c1-20-14-22(42-34-20)16-30(37)35-11-5-10-33-31(38)25-18-36(32(39)26-19-43-29-7-4-3-6-23(26)29)17-24(25)21-8-9-27(40-2)28(15-21)41-13-12-35;2-1-3/h3-4,6-9,14-15,19,24-25H,5,10-13,16-18H2,1-2H3,(H,33,38);1H,(H,2,3)/t24-,25+;/m1./s1. The van der Waals surface area contributed by atoms with Crippen LogP contribution in [0.3, 0.4) is 0 Å². The number of carbonyl (C=O) groups excluding carboxylic acids is 3. The Morgan fingerprint density at radius 2 is 1.91 bits per heavy atom. The van der Waals surface area contributed by atoms with Crippen LogP contribution in [-0.2, 0) is 20.8 Å². The van der Waals surface area contributed by atoms with Crippen molar-refractivity contribution in [1.82, 2.24) is 20.3 Å². The summed E-state index contributed by atoms with van der Waals surface area (Å²) in [5.74, 6) is 0.652. The topological polar surface area (TPSA) is 152 Å². The van der Waals surface area contributed by atoms with Crippen LogP contribution in [0.15, 0.2) is 58.4 Å². The molecular weight excluding hydrogens is 612 g/mol. The van der Waals surface area contributed by atoms with E-state index in [9.17, 15) is 14.4 Å². The number of aromatic nitrogens is 1. The van der Waals surface area contributed by atoms with Gasteiger partial charge in [0, 0.05) is 53.6 Å². The second-order valence-electron chi connectivity index (χ2n) is 11.1. The normalized spacial score (nSPS) is 18.3. The van der Waals surface area contributed by atoms with Crippen LogP contribution in [0.2, 0.25) is 0 Å². The maximum Gasteiger partial charge on any atom is 0.290 e. The van der Waals surface area contributed by atoms with Gasteiger partial charge in [0.15, 0.2) is 11.5 Å². The highest BCUT2D eigenvalue weighted by atomic mass is 32.1. The van der Waals surface area contributed by atoms with Gasteiger partial charge in [0.2, 0.25) is 11.8 Å². The largest absolute Gasteiger partial charge is 0.493 e. The monoisotopic (exact) mass is 648 g/mol. The Bertz CT molecular complexity index is 1700. The minimum atomic E-state index is -0.439. The van der Waals surface area contributed by atoms with Crippen molar-refractivity contribution < 1.29 is 38.3 Å². The van der Waals surface area contributed by atoms with Crippen molar-refractivity contribution in [2.24, 2.45) is 5.92 Å². The van der Waals surface area contributed by atoms with E-state index in [0.29, 0.717) is 62.0 Å². The van der Waals surface area contributed by atoms with Crippen molar-refractivity contribution in [2.75, 3.05) is 46.4 Å². The molecule has 2 N–H and O–H groups in total. The highest BCUT2D eigenvalue weighted by Crippen LogP contribution is 2.39. The van der Waals surface area contributed by atoms with E-state index in [4.69, 9.17) is 23.9 Å². The zero-order valence-electron chi connectivity index (χ0n) is 25.6. The van der Waals surface area contributed by atoms with Crippen LogP contribution in [0.25, 0.3) is 10.1 Å². The molecule has 2 bridgehead atoms. The summed E-state index contributed by atoms with van der Waals surface area (Å²) in [5, 5.41) is 16.7. The summed E-state index contributed by atoms with van der Waals surface area (Å²) in [4.78, 5) is 52.4. The lowest BCUT2D eigenvalue weighted by atomic mass is 9.88. The number of benzene rings is 2. The Morgan fingerprint density at radius 1 is 1.13 bits per heavy atom. The Labute approximate surface area is 269 Å². The molecule has 1 saturated heterocycles. The molecule has 0 spiro atoms. The molecule has 6 rings (SSSR count). The lowest BCUT2D eigenvalue weighted by Gasteiger charge is -2.25. The highest BCUT2D eigenvalue weighted by molar-refractivity contribution is 7.17. The van der Waals surface area contributed by atoms with Crippen molar-refractivity contribution in [1.29, 1.82) is 0 Å². The molecule has 2 aromatic heterocycles. The van der Waals surface area contributed by atoms with E-state index in [1.165, 1.54) is 0 Å². The van der Waals surface area contributed by atoms with Gasteiger partial charge < -0.3 is 34.2 Å². The number of hydrogen-bond acceptors (Lipinski definition) is 9. The molecule has 3 amide bonds. The van der Waals surface area contributed by atoms with Gasteiger partial charge in [-0.1, -0.05) is 29.4 Å². The summed E-state index contributed by atoms with van der Waals surface area (Å²) < 4.78 is 18.0. The molecule has 1 fully saturated rings. The predicted octanol–water partition coefficient (Wildman–Crippen LogP) is 3.73. The molecule has 0 unspecified atom stereocenters. The van der Waals surface area contributed by atoms with Crippen LogP contribution in [0.4, 0.5) is 0 Å². The number of methoxy groups -OCH3 is 1. The van der Waals surface area contributed by atoms with Crippen molar-refractivity contribution in [2.45, 2.75) is 25.7 Å². The molecule has 12 nitrogen and oxygen atoms in total. The first kappa shape index (κ1) is 32.5. The zero-order chi connectivity index (χ0) is 32.6. The number of amides is 3. The lowest BCUT2D eigenvalue weighted by molar-refractivity contribution is -0.131. The lowest BCUT2D eigenvalue weighted by Crippen LogP contribution is -2.40. The molecule has 4 heterocycles. The van der Waals surface area contributed by atoms with Gasteiger partial charge in [-0.05, 0) is 37.1 Å². The fraction of sp³-hybridized carbons (Fsp3) is 0.364. The van der Waals surface area contributed by atoms with E-state index in [1.54, 1.807) is 34.3 Å². The number of ether oxygens (including phenoxy) is 2. The number of fused-ring (bicyclic) bond motifs is 5. The minimum Gasteiger partial charge on any atom is -0.493 e. The Morgan fingerprint density at radius 3 is 2.67 bits per heavy atom. The first-order valence-electron chi connectivity index (χ1n) is 14.9. The molecule has 4 aromatic rings. The third-order valence-corrected chi connectivity index (χ3v) is 9.11. The SMILES string of the molecule is COc1ccc2cc1OCCN(C(=O)Cc1cc(C)no1)CCCNC(=O)[C@H]1CN(C(=O)c3csc4ccccc34)C[C@H]21.O=CO. The van der Waals surface area contributed by atoms with Crippen molar-refractivity contribution in [3.63, 3.8) is 0 Å². The number of hydrogen-bond donors (Lipinski definition) is 2. The predicted molar refractivity (Wildman–Crippen MR) is 170 cm³/mol. The average Bonchev–Trinajstić information content (AvgIpc) is 3.80. The maximum absolute atomic E-state index is 13.7. The van der Waals surface area contributed by atoms with Gasteiger partial charge in [0.05, 0.1) is 37.3 Å². The van der Waals surface area contributed by atoms with Crippen LogP contribution >= 0.6 is 11.3 Å². The van der Waals surface area contributed by atoms with Gasteiger partial charge in [0.1, 0.15) is 12.4 Å². The second kappa shape index (κ2) is 14.9. The number of nitrogens with one attached hydrogen (secondary N) is 1. The minimum absolute atomic E-state index is 0.0724. The van der Waals surface area contributed by atoms with E-state index in [1.807, 2.05) is 54.8 Å². The molecule has 242 valence electrons. The highest BCUT2D eigenvalue weighted by Gasteiger charge is 2.41. The number of nitrogens with zero attached hydrogens (tertiary/aromatic N) is 3. The van der Waals surface area contributed by atoms with Crippen molar-refractivity contribution in [3.8, 4) is 11.5 Å². The molecule has 0 saturated carbocycles. The summed E-state index contributed by atoms with van der Waals surface area (Å²) in [6, 6.07) is 15.3. The van der Waals surface area contributed by atoms with E-state index >= 15 is 0 Å².